The van der Waals surface area contributed by atoms with Gasteiger partial charge in [0.15, 0.2) is 0 Å². The molecule has 3 heterocycles. The largest absolute Gasteiger partial charge is 0.325 e. The number of imidazole rings is 1. The molecule has 0 saturated heterocycles. The van der Waals surface area contributed by atoms with Crippen LogP contribution in [0.25, 0.3) is 16.9 Å². The van der Waals surface area contributed by atoms with Crippen LogP contribution in [0.5, 0.6) is 0 Å². The van der Waals surface area contributed by atoms with Crippen LogP contribution in [0.1, 0.15) is 40.9 Å². The van der Waals surface area contributed by atoms with Gasteiger partial charge < -0.3 is 10.6 Å². The number of aryl methyl sites for hydroxylation is 1. The molecule has 0 unspecified atom stereocenters. The molecule has 176 valence electrons. The summed E-state index contributed by atoms with van der Waals surface area (Å²) in [5, 5.41) is 6.48. The molecule has 0 atom stereocenters. The smallest absolute Gasteiger partial charge is 0.265 e. The zero-order chi connectivity index (χ0) is 24.6. The van der Waals surface area contributed by atoms with Crippen LogP contribution in [0.4, 0.5) is 17.3 Å². The van der Waals surface area contributed by atoms with Gasteiger partial charge in [-0.25, -0.2) is 15.0 Å². The van der Waals surface area contributed by atoms with E-state index in [-0.39, 0.29) is 11.3 Å². The Balaban J connectivity index is 1.46. The predicted octanol–water partition coefficient (Wildman–Crippen LogP) is 6.48. The molecule has 1 amide bonds. The Labute approximate surface area is 207 Å². The van der Waals surface area contributed by atoms with Crippen LogP contribution in [0.15, 0.2) is 73.2 Å². The molecule has 0 aliphatic rings. The Morgan fingerprint density at radius 3 is 2.60 bits per heavy atom. The number of carbonyl (C=O) groups is 1. The minimum atomic E-state index is -0.117. The normalized spacial score (nSPS) is 11.5. The molecule has 0 fully saturated rings. The van der Waals surface area contributed by atoms with Crippen molar-refractivity contribution in [3.63, 3.8) is 0 Å². The molecule has 0 saturated carbocycles. The summed E-state index contributed by atoms with van der Waals surface area (Å²) in [6.07, 6.45) is 3.23. The Hall–Kier alpha value is -4.04. The maximum atomic E-state index is 12.9. The Morgan fingerprint density at radius 2 is 1.86 bits per heavy atom. The average Bonchev–Trinajstić information content (AvgIpc) is 3.47. The van der Waals surface area contributed by atoms with Gasteiger partial charge in [-0.1, -0.05) is 39.0 Å². The highest BCUT2D eigenvalue weighted by Gasteiger charge is 2.19. The first-order chi connectivity index (χ1) is 16.8. The lowest BCUT2D eigenvalue weighted by Gasteiger charge is -2.15. The van der Waals surface area contributed by atoms with Crippen LogP contribution in [-0.2, 0) is 5.41 Å². The van der Waals surface area contributed by atoms with Gasteiger partial charge in [0, 0.05) is 22.4 Å². The molecule has 2 aromatic carbocycles. The van der Waals surface area contributed by atoms with Gasteiger partial charge in [-0.3, -0.25) is 9.36 Å². The van der Waals surface area contributed by atoms with E-state index >= 15 is 0 Å². The molecule has 7 nitrogen and oxygen atoms in total. The number of aromatic nitrogens is 4. The highest BCUT2D eigenvalue weighted by atomic mass is 32.1. The summed E-state index contributed by atoms with van der Waals surface area (Å²) in [5.74, 6) is 1.23. The van der Waals surface area contributed by atoms with Gasteiger partial charge in [0.2, 0.25) is 5.95 Å². The lowest BCUT2D eigenvalue weighted by molar-refractivity contribution is 0.103. The number of amides is 1. The first kappa shape index (κ1) is 22.7. The van der Waals surface area contributed by atoms with E-state index in [1.54, 1.807) is 6.20 Å². The molecule has 0 bridgehead atoms. The van der Waals surface area contributed by atoms with Gasteiger partial charge in [0.05, 0.1) is 15.9 Å². The number of para-hydroxylation sites is 2. The number of thiophene rings is 1. The molecular formula is C27H26N6OS. The first-order valence-corrected chi connectivity index (χ1v) is 12.1. The lowest BCUT2D eigenvalue weighted by atomic mass is 9.95. The Morgan fingerprint density at radius 1 is 1.03 bits per heavy atom. The van der Waals surface area contributed by atoms with Crippen molar-refractivity contribution in [2.45, 2.75) is 33.1 Å². The number of hydrogen-bond donors (Lipinski definition) is 2. The van der Waals surface area contributed by atoms with Gasteiger partial charge in [-0.15, -0.1) is 11.3 Å². The fourth-order valence-electron chi connectivity index (χ4n) is 3.77. The summed E-state index contributed by atoms with van der Waals surface area (Å²) in [4.78, 5) is 28.0. The maximum Gasteiger partial charge on any atom is 0.265 e. The van der Waals surface area contributed by atoms with E-state index in [1.807, 2.05) is 72.2 Å². The van der Waals surface area contributed by atoms with E-state index < -0.39 is 0 Å². The van der Waals surface area contributed by atoms with Gasteiger partial charge in [-0.05, 0) is 60.4 Å². The Kier molecular flexibility index (Phi) is 5.82. The van der Waals surface area contributed by atoms with E-state index in [9.17, 15) is 4.79 Å². The van der Waals surface area contributed by atoms with Crippen LogP contribution in [-0.4, -0.2) is 25.4 Å². The summed E-state index contributed by atoms with van der Waals surface area (Å²) in [6, 6.07) is 19.5. The quantitative estimate of drug-likeness (QED) is 0.299. The van der Waals surface area contributed by atoms with E-state index in [1.165, 1.54) is 22.5 Å². The van der Waals surface area contributed by atoms with Gasteiger partial charge in [0.1, 0.15) is 12.1 Å². The highest BCUT2D eigenvalue weighted by Crippen LogP contribution is 2.31. The number of nitrogens with zero attached hydrogens (tertiary/aromatic N) is 4. The highest BCUT2D eigenvalue weighted by molar-refractivity contribution is 7.14. The zero-order valence-electron chi connectivity index (χ0n) is 20.0. The molecule has 0 aliphatic carbocycles. The van der Waals surface area contributed by atoms with Crippen LogP contribution in [0.3, 0.4) is 0 Å². The molecule has 0 spiro atoms. The average molecular weight is 483 g/mol. The molecule has 0 aliphatic heterocycles. The molecule has 3 aromatic heterocycles. The predicted molar refractivity (Wildman–Crippen MR) is 142 cm³/mol. The van der Waals surface area contributed by atoms with Crippen molar-refractivity contribution in [2.24, 2.45) is 0 Å². The van der Waals surface area contributed by atoms with Gasteiger partial charge in [0.25, 0.3) is 5.91 Å². The third-order valence-corrected chi connectivity index (χ3v) is 7.18. The molecule has 5 rings (SSSR count). The van der Waals surface area contributed by atoms with Crippen molar-refractivity contribution in [1.82, 2.24) is 19.5 Å². The van der Waals surface area contributed by atoms with Crippen LogP contribution in [0, 0.1) is 6.92 Å². The summed E-state index contributed by atoms with van der Waals surface area (Å²) >= 11 is 1.53. The second-order valence-corrected chi connectivity index (χ2v) is 10.4. The first-order valence-electron chi connectivity index (χ1n) is 11.3. The number of carbonyl (C=O) groups excluding carboxylic acids is 1. The number of nitrogens with one attached hydrogen (secondary N) is 2. The van der Waals surface area contributed by atoms with E-state index in [2.05, 4.69) is 41.4 Å². The number of fused-ring (bicyclic) bond motifs is 1. The fraction of sp³-hybridized carbons (Fsp3) is 0.185. The zero-order valence-corrected chi connectivity index (χ0v) is 20.9. The monoisotopic (exact) mass is 482 g/mol. The second-order valence-electron chi connectivity index (χ2n) is 9.35. The SMILES string of the molecule is Cc1ccc(NC(=O)c2ccc(C(C)(C)C)s2)cc1Nc1nc2ccccc2n1-c1ccncn1. The van der Waals surface area contributed by atoms with Gasteiger partial charge in [-0.2, -0.15) is 0 Å². The molecule has 2 N–H and O–H groups in total. The fourth-order valence-corrected chi connectivity index (χ4v) is 4.73. The van der Waals surface area contributed by atoms with Crippen LogP contribution < -0.4 is 10.6 Å². The standard InChI is InChI=1S/C27H26N6OS/c1-17-9-10-18(30-25(34)22-11-12-23(35-22)27(2,3)4)15-20(17)32-26-31-19-7-5-6-8-21(19)33(26)24-13-14-28-16-29-24/h5-16H,1-4H3,(H,30,34)(H,31,32). The van der Waals surface area contributed by atoms with Crippen molar-refractivity contribution < 1.29 is 4.79 Å². The third kappa shape index (κ3) is 4.65. The van der Waals surface area contributed by atoms with E-state index in [4.69, 9.17) is 4.98 Å². The maximum absolute atomic E-state index is 12.9. The molecule has 5 aromatic rings. The minimum Gasteiger partial charge on any atom is -0.325 e. The van der Waals surface area contributed by atoms with Crippen LogP contribution >= 0.6 is 11.3 Å². The van der Waals surface area contributed by atoms with Crippen molar-refractivity contribution in [3.8, 4) is 5.82 Å². The number of benzene rings is 2. The topological polar surface area (TPSA) is 84.7 Å². The van der Waals surface area contributed by atoms with E-state index in [0.717, 1.165) is 22.3 Å². The summed E-state index contributed by atoms with van der Waals surface area (Å²) < 4.78 is 1.96. The van der Waals surface area contributed by atoms with Crippen molar-refractivity contribution >= 4 is 45.6 Å². The van der Waals surface area contributed by atoms with Crippen molar-refractivity contribution in [2.75, 3.05) is 10.6 Å². The molecule has 35 heavy (non-hydrogen) atoms. The van der Waals surface area contributed by atoms with E-state index in [0.29, 0.717) is 22.3 Å². The second kappa shape index (κ2) is 8.96. The van der Waals surface area contributed by atoms with Crippen molar-refractivity contribution in [3.05, 3.63) is 88.5 Å². The Bertz CT molecular complexity index is 1510. The van der Waals surface area contributed by atoms with Gasteiger partial charge >= 0.3 is 0 Å². The van der Waals surface area contributed by atoms with Crippen LogP contribution in [0.2, 0.25) is 0 Å². The third-order valence-electron chi connectivity index (χ3n) is 5.67. The number of anilines is 3. The minimum absolute atomic E-state index is 0.0132. The summed E-state index contributed by atoms with van der Waals surface area (Å²) in [6.45, 7) is 8.45. The van der Waals surface area contributed by atoms with Crippen molar-refractivity contribution in [1.29, 1.82) is 0 Å². The lowest BCUT2D eigenvalue weighted by Crippen LogP contribution is -2.11. The number of hydrogen-bond acceptors (Lipinski definition) is 6. The molecular weight excluding hydrogens is 456 g/mol. The number of rotatable bonds is 5. The molecule has 8 heteroatoms. The molecule has 0 radical (unpaired) electrons. The summed E-state index contributed by atoms with van der Waals surface area (Å²) in [5.41, 5.74) is 4.37. The summed E-state index contributed by atoms with van der Waals surface area (Å²) in [7, 11) is 0.